The maximum atomic E-state index is 13.8. The molecule has 1 heterocycles. The van der Waals surface area contributed by atoms with Gasteiger partial charge >= 0.3 is 17.9 Å². The van der Waals surface area contributed by atoms with E-state index in [2.05, 4.69) is 46.9 Å². The molecule has 0 saturated carbocycles. The summed E-state index contributed by atoms with van der Waals surface area (Å²) in [7, 11) is -2.17. The van der Waals surface area contributed by atoms with Crippen LogP contribution in [0.5, 0.6) is 5.75 Å². The lowest BCUT2D eigenvalue weighted by Crippen LogP contribution is -2.46. The molecular weight excluding hydrogens is 536 g/mol. The van der Waals surface area contributed by atoms with E-state index in [0.29, 0.717) is 24.0 Å². The van der Waals surface area contributed by atoms with Crippen LogP contribution in [0.4, 0.5) is 0 Å². The van der Waals surface area contributed by atoms with Gasteiger partial charge in [0.05, 0.1) is 11.7 Å². The van der Waals surface area contributed by atoms with Crippen LogP contribution in [0.3, 0.4) is 0 Å². The molecule has 0 radical (unpaired) electrons. The molecular formula is C33H42O7Si. The molecule has 3 rings (SSSR count). The van der Waals surface area contributed by atoms with Crippen molar-refractivity contribution < 1.29 is 33.4 Å². The van der Waals surface area contributed by atoms with E-state index in [-0.39, 0.29) is 34.8 Å². The van der Waals surface area contributed by atoms with Crippen molar-refractivity contribution in [1.29, 1.82) is 0 Å². The zero-order valence-electron chi connectivity index (χ0n) is 24.9. The molecule has 0 spiro atoms. The van der Waals surface area contributed by atoms with Crippen molar-refractivity contribution in [2.45, 2.75) is 83.7 Å². The Morgan fingerprint density at radius 3 is 2.44 bits per heavy atom. The topological polar surface area (TPSA) is 99.1 Å². The number of benzene rings is 2. The van der Waals surface area contributed by atoms with E-state index < -0.39 is 32.3 Å². The Bertz CT molecular complexity index is 1270. The third kappa shape index (κ3) is 9.00. The molecule has 1 aliphatic heterocycles. The molecule has 7 nitrogen and oxygen atoms in total. The predicted octanol–water partition coefficient (Wildman–Crippen LogP) is 7.38. The van der Waals surface area contributed by atoms with E-state index in [1.807, 2.05) is 12.1 Å². The molecule has 2 aromatic carbocycles. The Balaban J connectivity index is 2.00. The van der Waals surface area contributed by atoms with E-state index >= 15 is 0 Å². The van der Waals surface area contributed by atoms with E-state index in [1.165, 1.54) is 6.08 Å². The standard InChI is InChI=1S/C33H42O7Si/c1-23-14-10-11-15-24-18-12-20-27(39-31(36)25-16-8-7-9-17-25)30(24)32(37)38-26(19-13-21-29(34)35)22-28(23)40-41(5,6)33(2,3)4/h7-13,16-18,20-21,23,26,28H,14-15,19,22H2,1-6H3,(H,34,35)/t23-,26-,28+/m0/s1. The fourth-order valence-electron chi connectivity index (χ4n) is 4.40. The summed E-state index contributed by atoms with van der Waals surface area (Å²) in [4.78, 5) is 37.9. The van der Waals surface area contributed by atoms with Crippen LogP contribution < -0.4 is 4.74 Å². The summed E-state index contributed by atoms with van der Waals surface area (Å²) in [5.74, 6) is -2.02. The summed E-state index contributed by atoms with van der Waals surface area (Å²) >= 11 is 0. The van der Waals surface area contributed by atoms with Crippen LogP contribution >= 0.6 is 0 Å². The first kappa shape index (κ1) is 32.0. The van der Waals surface area contributed by atoms with Crippen LogP contribution in [0.15, 0.2) is 72.8 Å². The summed E-state index contributed by atoms with van der Waals surface area (Å²) in [6.45, 7) is 13.1. The predicted molar refractivity (Wildman–Crippen MR) is 162 cm³/mol. The number of cyclic esters (lactones) is 1. The number of carboxylic acid groups (broad SMARTS) is 1. The minimum absolute atomic E-state index is 0.0158. The van der Waals surface area contributed by atoms with Gasteiger partial charge in [0.15, 0.2) is 8.32 Å². The number of allylic oxidation sites excluding steroid dienone is 2. The van der Waals surface area contributed by atoms with Crippen LogP contribution in [0.1, 0.15) is 73.2 Å². The van der Waals surface area contributed by atoms with Crippen LogP contribution in [0, 0.1) is 5.92 Å². The molecule has 0 amide bonds. The minimum Gasteiger partial charge on any atom is -0.478 e. The molecule has 41 heavy (non-hydrogen) atoms. The molecule has 0 saturated heterocycles. The third-order valence-corrected chi connectivity index (χ3v) is 12.4. The summed E-state index contributed by atoms with van der Waals surface area (Å²) in [5.41, 5.74) is 1.22. The number of aliphatic carboxylic acids is 1. The average Bonchev–Trinajstić information content (AvgIpc) is 2.89. The second-order valence-electron chi connectivity index (χ2n) is 12.1. The van der Waals surface area contributed by atoms with Crippen LogP contribution in [-0.2, 0) is 20.4 Å². The number of rotatable bonds is 7. The Morgan fingerprint density at radius 2 is 1.78 bits per heavy atom. The first-order valence-corrected chi connectivity index (χ1v) is 17.0. The zero-order valence-corrected chi connectivity index (χ0v) is 25.9. The molecule has 0 aliphatic carbocycles. The van der Waals surface area contributed by atoms with Gasteiger partial charge in [-0.1, -0.05) is 76.3 Å². The molecule has 8 heteroatoms. The number of carbonyl (C=O) groups excluding carboxylic acids is 2. The molecule has 220 valence electrons. The second kappa shape index (κ2) is 13.9. The van der Waals surface area contributed by atoms with Gasteiger partial charge in [-0.25, -0.2) is 14.4 Å². The smallest absolute Gasteiger partial charge is 0.343 e. The molecule has 0 unspecified atom stereocenters. The number of carboxylic acids is 1. The maximum Gasteiger partial charge on any atom is 0.343 e. The highest BCUT2D eigenvalue weighted by Gasteiger charge is 2.41. The average molecular weight is 579 g/mol. The van der Waals surface area contributed by atoms with Crippen molar-refractivity contribution in [3.05, 3.63) is 89.5 Å². The number of ether oxygens (including phenoxy) is 2. The Labute approximate surface area is 244 Å². The van der Waals surface area contributed by atoms with E-state index in [1.54, 1.807) is 42.5 Å². The Kier molecular flexibility index (Phi) is 10.9. The van der Waals surface area contributed by atoms with Crippen molar-refractivity contribution in [1.82, 2.24) is 0 Å². The molecule has 0 fully saturated rings. The lowest BCUT2D eigenvalue weighted by atomic mass is 9.93. The lowest BCUT2D eigenvalue weighted by molar-refractivity contribution is -0.131. The lowest BCUT2D eigenvalue weighted by Gasteiger charge is -2.41. The molecule has 1 aliphatic rings. The van der Waals surface area contributed by atoms with Gasteiger partial charge in [0, 0.05) is 18.9 Å². The quantitative estimate of drug-likeness (QED) is 0.120. The zero-order chi connectivity index (χ0) is 30.2. The molecule has 2 aromatic rings. The summed E-state index contributed by atoms with van der Waals surface area (Å²) in [6, 6.07) is 13.7. The minimum atomic E-state index is -2.17. The van der Waals surface area contributed by atoms with Gasteiger partial charge in [-0.05, 0) is 60.7 Å². The van der Waals surface area contributed by atoms with Crippen LogP contribution in [-0.4, -0.2) is 43.5 Å². The van der Waals surface area contributed by atoms with E-state index in [9.17, 15) is 14.4 Å². The van der Waals surface area contributed by atoms with Gasteiger partial charge in [0.2, 0.25) is 0 Å². The van der Waals surface area contributed by atoms with Gasteiger partial charge in [-0.3, -0.25) is 0 Å². The van der Waals surface area contributed by atoms with Gasteiger partial charge in [0.1, 0.15) is 17.4 Å². The van der Waals surface area contributed by atoms with E-state index in [0.717, 1.165) is 12.5 Å². The van der Waals surface area contributed by atoms with Gasteiger partial charge in [-0.15, -0.1) is 0 Å². The molecule has 3 atom stereocenters. The van der Waals surface area contributed by atoms with Crippen LogP contribution in [0.2, 0.25) is 18.1 Å². The van der Waals surface area contributed by atoms with Crippen molar-refractivity contribution in [3.63, 3.8) is 0 Å². The largest absolute Gasteiger partial charge is 0.478 e. The number of esters is 2. The number of hydrogen-bond acceptors (Lipinski definition) is 6. The SMILES string of the molecule is C[C@H]1CC=CCc2cccc(OC(=O)c3ccccc3)c2C(=O)O[C@@H](CC=CC(=O)O)C[C@H]1O[Si](C)(C)C(C)(C)C. The number of carbonyl (C=O) groups is 3. The summed E-state index contributed by atoms with van der Waals surface area (Å²) in [5, 5.41) is 9.14. The Morgan fingerprint density at radius 1 is 1.07 bits per heavy atom. The highest BCUT2D eigenvalue weighted by molar-refractivity contribution is 6.74. The first-order valence-electron chi connectivity index (χ1n) is 14.1. The monoisotopic (exact) mass is 578 g/mol. The van der Waals surface area contributed by atoms with Gasteiger partial charge in [-0.2, -0.15) is 0 Å². The highest BCUT2D eigenvalue weighted by Crippen LogP contribution is 2.39. The van der Waals surface area contributed by atoms with Crippen molar-refractivity contribution in [2.75, 3.05) is 0 Å². The van der Waals surface area contributed by atoms with Crippen LogP contribution in [0.25, 0.3) is 0 Å². The van der Waals surface area contributed by atoms with Crippen molar-refractivity contribution in [2.24, 2.45) is 5.92 Å². The normalized spacial score (nSPS) is 20.4. The third-order valence-electron chi connectivity index (χ3n) is 7.86. The maximum absolute atomic E-state index is 13.8. The number of hydrogen-bond donors (Lipinski definition) is 1. The van der Waals surface area contributed by atoms with E-state index in [4.69, 9.17) is 19.0 Å². The molecule has 1 N–H and O–H groups in total. The Hall–Kier alpha value is -3.49. The number of fused-ring (bicyclic) bond motifs is 1. The molecule has 0 bridgehead atoms. The first-order chi connectivity index (χ1) is 19.3. The van der Waals surface area contributed by atoms with Crippen molar-refractivity contribution in [3.8, 4) is 5.75 Å². The fourth-order valence-corrected chi connectivity index (χ4v) is 5.84. The second-order valence-corrected chi connectivity index (χ2v) is 16.8. The fraction of sp³-hybridized carbons (Fsp3) is 0.424. The molecule has 0 aromatic heterocycles. The highest BCUT2D eigenvalue weighted by atomic mass is 28.4. The van der Waals surface area contributed by atoms with Crippen molar-refractivity contribution >= 4 is 26.2 Å². The van der Waals surface area contributed by atoms with Gasteiger partial charge < -0.3 is 19.0 Å². The summed E-state index contributed by atoms with van der Waals surface area (Å²) in [6.07, 6.45) is 7.65. The van der Waals surface area contributed by atoms with Gasteiger partial charge in [0.25, 0.3) is 0 Å². The summed E-state index contributed by atoms with van der Waals surface area (Å²) < 4.78 is 18.6.